The van der Waals surface area contributed by atoms with E-state index in [1.54, 1.807) is 6.07 Å². The maximum absolute atomic E-state index is 11.2. The van der Waals surface area contributed by atoms with Gasteiger partial charge in [0.25, 0.3) is 5.69 Å². The number of esters is 1. The summed E-state index contributed by atoms with van der Waals surface area (Å²) in [5.74, 6) is -0.545. The first kappa shape index (κ1) is 13.9. The van der Waals surface area contributed by atoms with E-state index in [9.17, 15) is 14.9 Å². The summed E-state index contributed by atoms with van der Waals surface area (Å²) >= 11 is 9.05. The van der Waals surface area contributed by atoms with Gasteiger partial charge in [-0.15, -0.1) is 0 Å². The van der Waals surface area contributed by atoms with Crippen molar-refractivity contribution in [2.45, 2.75) is 11.8 Å². The molecule has 0 unspecified atom stereocenters. The standard InChI is InChI=1S/C10H9BrClNO4/c1-17-9(14)4-7-2-6(5-11)3-8(12)10(7)13(15)16/h2-3H,4-5H2,1H3. The number of ether oxygens (including phenoxy) is 1. The number of hydrogen-bond donors (Lipinski definition) is 0. The van der Waals surface area contributed by atoms with Crippen LogP contribution in [0.1, 0.15) is 11.1 Å². The second-order valence-electron chi connectivity index (χ2n) is 3.23. The van der Waals surface area contributed by atoms with E-state index in [1.807, 2.05) is 0 Å². The highest BCUT2D eigenvalue weighted by molar-refractivity contribution is 9.08. The van der Waals surface area contributed by atoms with E-state index < -0.39 is 10.9 Å². The smallest absolute Gasteiger partial charge is 0.310 e. The summed E-state index contributed by atoms with van der Waals surface area (Å²) in [6.45, 7) is 0. The van der Waals surface area contributed by atoms with Crippen LogP contribution in [0.15, 0.2) is 12.1 Å². The molecule has 0 radical (unpaired) electrons. The van der Waals surface area contributed by atoms with Crippen molar-refractivity contribution in [2.24, 2.45) is 0 Å². The summed E-state index contributed by atoms with van der Waals surface area (Å²) in [4.78, 5) is 21.4. The molecular formula is C10H9BrClNO4. The molecular weight excluding hydrogens is 313 g/mol. The van der Waals surface area contributed by atoms with E-state index in [2.05, 4.69) is 20.7 Å². The molecule has 0 aliphatic heterocycles. The molecule has 0 saturated heterocycles. The number of carbonyl (C=O) groups excluding carboxylic acids is 1. The first-order chi connectivity index (χ1) is 7.99. The topological polar surface area (TPSA) is 69.4 Å². The van der Waals surface area contributed by atoms with Crippen molar-refractivity contribution in [3.63, 3.8) is 0 Å². The van der Waals surface area contributed by atoms with Crippen LogP contribution in [0, 0.1) is 10.1 Å². The number of halogens is 2. The zero-order valence-electron chi connectivity index (χ0n) is 8.91. The molecule has 0 bridgehead atoms. The average molecular weight is 323 g/mol. The molecule has 0 amide bonds. The van der Waals surface area contributed by atoms with Crippen molar-refractivity contribution < 1.29 is 14.5 Å². The molecule has 1 rings (SSSR count). The van der Waals surface area contributed by atoms with Gasteiger partial charge in [-0.25, -0.2) is 0 Å². The first-order valence-corrected chi connectivity index (χ1v) is 6.08. The molecule has 0 N–H and O–H groups in total. The van der Waals surface area contributed by atoms with Gasteiger partial charge >= 0.3 is 5.97 Å². The van der Waals surface area contributed by atoms with E-state index in [4.69, 9.17) is 11.6 Å². The fourth-order valence-electron chi connectivity index (χ4n) is 1.36. The summed E-state index contributed by atoms with van der Waals surface area (Å²) in [5.41, 5.74) is 0.769. The van der Waals surface area contributed by atoms with Crippen LogP contribution < -0.4 is 0 Å². The summed E-state index contributed by atoms with van der Waals surface area (Å²) in [6.07, 6.45) is -0.173. The van der Waals surface area contributed by atoms with E-state index in [0.717, 1.165) is 5.56 Å². The molecule has 5 nitrogen and oxygen atoms in total. The first-order valence-electron chi connectivity index (χ1n) is 4.58. The molecule has 0 atom stereocenters. The average Bonchev–Trinajstić information content (AvgIpc) is 2.27. The number of carbonyl (C=O) groups is 1. The lowest BCUT2D eigenvalue weighted by Crippen LogP contribution is -2.07. The third-order valence-electron chi connectivity index (χ3n) is 2.10. The number of benzene rings is 1. The normalized spacial score (nSPS) is 10.1. The van der Waals surface area contributed by atoms with Gasteiger partial charge in [-0.2, -0.15) is 0 Å². The van der Waals surface area contributed by atoms with Gasteiger partial charge in [-0.05, 0) is 17.7 Å². The molecule has 1 aromatic carbocycles. The molecule has 1 aromatic rings. The largest absolute Gasteiger partial charge is 0.469 e. The maximum atomic E-state index is 11.2. The molecule has 7 heteroatoms. The molecule has 17 heavy (non-hydrogen) atoms. The number of alkyl halides is 1. The highest BCUT2D eigenvalue weighted by atomic mass is 79.9. The van der Waals surface area contributed by atoms with Crippen LogP contribution in [-0.2, 0) is 21.3 Å². The van der Waals surface area contributed by atoms with Gasteiger partial charge in [0.15, 0.2) is 0 Å². The van der Waals surface area contributed by atoms with E-state index in [0.29, 0.717) is 5.33 Å². The minimum Gasteiger partial charge on any atom is -0.469 e. The minimum absolute atomic E-state index is 0.0193. The van der Waals surface area contributed by atoms with Crippen LogP contribution in [0.3, 0.4) is 0 Å². The summed E-state index contributed by atoms with van der Waals surface area (Å²) in [5, 5.41) is 11.4. The van der Waals surface area contributed by atoms with Crippen molar-refractivity contribution in [1.82, 2.24) is 0 Å². The lowest BCUT2D eigenvalue weighted by molar-refractivity contribution is -0.385. The predicted octanol–water partition coefficient (Wildman–Crippen LogP) is 2.86. The Labute approximate surface area is 111 Å². The van der Waals surface area contributed by atoms with Crippen molar-refractivity contribution in [1.29, 1.82) is 0 Å². The van der Waals surface area contributed by atoms with Crippen LogP contribution in [0.25, 0.3) is 0 Å². The molecule has 0 saturated carbocycles. The fraction of sp³-hybridized carbons (Fsp3) is 0.300. The number of methoxy groups -OCH3 is 1. The van der Waals surface area contributed by atoms with E-state index >= 15 is 0 Å². The quantitative estimate of drug-likeness (QED) is 0.370. The fourth-order valence-corrected chi connectivity index (χ4v) is 2.02. The van der Waals surface area contributed by atoms with Crippen LogP contribution in [-0.4, -0.2) is 18.0 Å². The maximum Gasteiger partial charge on any atom is 0.310 e. The van der Waals surface area contributed by atoms with Crippen LogP contribution in [0.4, 0.5) is 5.69 Å². The van der Waals surface area contributed by atoms with Gasteiger partial charge in [0.1, 0.15) is 5.02 Å². The Morgan fingerprint density at radius 3 is 2.71 bits per heavy atom. The van der Waals surface area contributed by atoms with Crippen LogP contribution in [0.2, 0.25) is 5.02 Å². The Balaban J connectivity index is 3.27. The van der Waals surface area contributed by atoms with E-state index in [-0.39, 0.29) is 22.7 Å². The SMILES string of the molecule is COC(=O)Cc1cc(CBr)cc(Cl)c1[N+](=O)[O-]. The Morgan fingerprint density at radius 2 is 2.24 bits per heavy atom. The Morgan fingerprint density at radius 1 is 1.59 bits per heavy atom. The highest BCUT2D eigenvalue weighted by Crippen LogP contribution is 2.31. The molecule has 0 heterocycles. The third kappa shape index (κ3) is 3.41. The highest BCUT2D eigenvalue weighted by Gasteiger charge is 2.22. The van der Waals surface area contributed by atoms with Crippen molar-refractivity contribution in [3.05, 3.63) is 38.4 Å². The monoisotopic (exact) mass is 321 g/mol. The minimum atomic E-state index is -0.599. The Kier molecular flexibility index (Phi) is 4.89. The van der Waals surface area contributed by atoms with Gasteiger partial charge in [0.05, 0.1) is 18.5 Å². The molecule has 0 aliphatic rings. The summed E-state index contributed by atoms with van der Waals surface area (Å²) < 4.78 is 4.49. The Hall–Kier alpha value is -1.14. The number of hydrogen-bond acceptors (Lipinski definition) is 4. The lowest BCUT2D eigenvalue weighted by Gasteiger charge is -2.06. The zero-order chi connectivity index (χ0) is 13.0. The van der Waals surface area contributed by atoms with Gasteiger partial charge in [-0.3, -0.25) is 14.9 Å². The third-order valence-corrected chi connectivity index (χ3v) is 3.04. The van der Waals surface area contributed by atoms with Crippen LogP contribution in [0.5, 0.6) is 0 Å². The van der Waals surface area contributed by atoms with Gasteiger partial charge in [-0.1, -0.05) is 27.5 Å². The molecule has 92 valence electrons. The molecule has 0 spiro atoms. The lowest BCUT2D eigenvalue weighted by atomic mass is 10.1. The number of nitrogens with zero attached hydrogens (tertiary/aromatic N) is 1. The van der Waals surface area contributed by atoms with Crippen molar-refractivity contribution in [2.75, 3.05) is 7.11 Å². The second kappa shape index (κ2) is 5.97. The van der Waals surface area contributed by atoms with Crippen molar-refractivity contribution in [3.8, 4) is 0 Å². The van der Waals surface area contributed by atoms with E-state index in [1.165, 1.54) is 13.2 Å². The number of nitro benzene ring substituents is 1. The summed E-state index contributed by atoms with van der Waals surface area (Å²) in [6, 6.07) is 3.06. The predicted molar refractivity (Wildman–Crippen MR) is 66.5 cm³/mol. The van der Waals surface area contributed by atoms with Crippen molar-refractivity contribution >= 4 is 39.2 Å². The molecule has 0 aromatic heterocycles. The Bertz CT molecular complexity index is 464. The zero-order valence-corrected chi connectivity index (χ0v) is 11.2. The number of nitro groups is 1. The second-order valence-corrected chi connectivity index (χ2v) is 4.20. The van der Waals surface area contributed by atoms with Gasteiger partial charge in [0.2, 0.25) is 0 Å². The van der Waals surface area contributed by atoms with Crippen LogP contribution >= 0.6 is 27.5 Å². The van der Waals surface area contributed by atoms with Gasteiger partial charge in [0, 0.05) is 10.9 Å². The summed E-state index contributed by atoms with van der Waals surface area (Å²) in [7, 11) is 1.23. The van der Waals surface area contributed by atoms with Gasteiger partial charge < -0.3 is 4.74 Å². The molecule has 0 aliphatic carbocycles. The number of rotatable bonds is 4. The molecule has 0 fully saturated rings.